The number of aromatic nitrogens is 2. The molecule has 27 heavy (non-hydrogen) atoms. The molecule has 1 aliphatic rings. The van der Waals surface area contributed by atoms with Crippen molar-refractivity contribution in [3.8, 4) is 0 Å². The number of para-hydroxylation sites is 2. The molecule has 2 aromatic carbocycles. The van der Waals surface area contributed by atoms with E-state index in [-0.39, 0.29) is 5.41 Å². The van der Waals surface area contributed by atoms with Crippen molar-refractivity contribution < 1.29 is 0 Å². The highest BCUT2D eigenvalue weighted by Gasteiger charge is 2.44. The summed E-state index contributed by atoms with van der Waals surface area (Å²) in [6.07, 6.45) is 3.25. The third kappa shape index (κ3) is 4.16. The highest BCUT2D eigenvalue weighted by atomic mass is 79.9. The zero-order valence-corrected chi connectivity index (χ0v) is 17.0. The number of nitrogens with one attached hydrogen (secondary N) is 3. The normalized spacial score (nSPS) is 15.7. The molecule has 1 aromatic heterocycles. The molecule has 5 nitrogen and oxygen atoms in total. The largest absolute Gasteiger partial charge is 0.356 e. The number of H-pyrrole nitrogens is 1. The molecule has 0 spiro atoms. The van der Waals surface area contributed by atoms with Crippen LogP contribution in [0.25, 0.3) is 11.0 Å². The summed E-state index contributed by atoms with van der Waals surface area (Å²) in [6, 6.07) is 16.7. The number of fused-ring (bicyclic) bond motifs is 1. The Bertz CT molecular complexity index is 925. The van der Waals surface area contributed by atoms with E-state index in [0.29, 0.717) is 0 Å². The number of guanidine groups is 1. The first-order valence-electron chi connectivity index (χ1n) is 9.33. The molecule has 0 radical (unpaired) electrons. The Kier molecular flexibility index (Phi) is 5.16. The number of aliphatic imine (C=N–C) groups is 1. The summed E-state index contributed by atoms with van der Waals surface area (Å²) >= 11 is 3.58. The van der Waals surface area contributed by atoms with Crippen molar-refractivity contribution in [3.05, 3.63) is 64.4 Å². The van der Waals surface area contributed by atoms with Gasteiger partial charge in [-0.25, -0.2) is 4.98 Å². The second-order valence-corrected chi connectivity index (χ2v) is 8.01. The first kappa shape index (κ1) is 18.0. The fourth-order valence-corrected chi connectivity index (χ4v) is 3.83. The Morgan fingerprint density at radius 1 is 1.19 bits per heavy atom. The lowest BCUT2D eigenvalue weighted by molar-refractivity contribution is 0.644. The van der Waals surface area contributed by atoms with Crippen LogP contribution in [0.1, 0.15) is 24.2 Å². The van der Waals surface area contributed by atoms with E-state index >= 15 is 0 Å². The van der Waals surface area contributed by atoms with Gasteiger partial charge in [0.1, 0.15) is 5.82 Å². The first-order valence-corrected chi connectivity index (χ1v) is 10.1. The maximum atomic E-state index is 4.62. The number of aromatic amines is 1. The molecule has 0 amide bonds. The van der Waals surface area contributed by atoms with Gasteiger partial charge < -0.3 is 15.6 Å². The van der Waals surface area contributed by atoms with Crippen LogP contribution in [0.4, 0.5) is 0 Å². The lowest BCUT2D eigenvalue weighted by Gasteiger charge is -2.19. The SMILES string of the molecule is CN=C(NCCc1nc2ccccc2[nH]1)NCC1(c2cccc(Br)c2)CC1. The Labute approximate surface area is 167 Å². The van der Waals surface area contributed by atoms with Gasteiger partial charge in [0.25, 0.3) is 0 Å². The van der Waals surface area contributed by atoms with E-state index in [1.165, 1.54) is 18.4 Å². The minimum absolute atomic E-state index is 0.236. The molecular weight excluding hydrogens is 402 g/mol. The zero-order valence-electron chi connectivity index (χ0n) is 15.4. The van der Waals surface area contributed by atoms with Gasteiger partial charge in [0.2, 0.25) is 0 Å². The average Bonchev–Trinajstić information content (AvgIpc) is 3.36. The van der Waals surface area contributed by atoms with Crippen molar-refractivity contribution in [2.45, 2.75) is 24.7 Å². The second-order valence-electron chi connectivity index (χ2n) is 7.09. The van der Waals surface area contributed by atoms with E-state index < -0.39 is 0 Å². The minimum Gasteiger partial charge on any atom is -0.356 e. The van der Waals surface area contributed by atoms with Crippen LogP contribution >= 0.6 is 15.9 Å². The summed E-state index contributed by atoms with van der Waals surface area (Å²) in [6.45, 7) is 1.68. The van der Waals surface area contributed by atoms with Crippen molar-refractivity contribution in [2.75, 3.05) is 20.1 Å². The van der Waals surface area contributed by atoms with E-state index in [1.807, 2.05) is 25.2 Å². The highest BCUT2D eigenvalue weighted by Crippen LogP contribution is 2.48. The van der Waals surface area contributed by atoms with Gasteiger partial charge in [-0.15, -0.1) is 0 Å². The first-order chi connectivity index (χ1) is 13.2. The van der Waals surface area contributed by atoms with E-state index in [9.17, 15) is 0 Å². The number of rotatable bonds is 6. The molecule has 0 bridgehead atoms. The number of benzene rings is 2. The molecule has 3 N–H and O–H groups in total. The minimum atomic E-state index is 0.236. The maximum absolute atomic E-state index is 4.62. The molecular formula is C21H24BrN5. The molecule has 0 atom stereocenters. The number of hydrogen-bond donors (Lipinski definition) is 3. The molecule has 1 heterocycles. The number of hydrogen-bond acceptors (Lipinski definition) is 2. The van der Waals surface area contributed by atoms with E-state index in [1.54, 1.807) is 0 Å². The van der Waals surface area contributed by atoms with Gasteiger partial charge in [-0.2, -0.15) is 0 Å². The molecule has 1 aliphatic carbocycles. The van der Waals surface area contributed by atoms with Crippen LogP contribution in [0.5, 0.6) is 0 Å². The molecule has 0 saturated heterocycles. The smallest absolute Gasteiger partial charge is 0.191 e. The quantitative estimate of drug-likeness (QED) is 0.416. The van der Waals surface area contributed by atoms with Gasteiger partial charge in [-0.3, -0.25) is 4.99 Å². The third-order valence-corrected chi connectivity index (χ3v) is 5.69. The molecule has 4 rings (SSSR count). The Morgan fingerprint density at radius 2 is 2.04 bits per heavy atom. The molecule has 0 aliphatic heterocycles. The molecule has 140 valence electrons. The average molecular weight is 426 g/mol. The van der Waals surface area contributed by atoms with Gasteiger partial charge in [0.05, 0.1) is 11.0 Å². The van der Waals surface area contributed by atoms with Crippen LogP contribution < -0.4 is 10.6 Å². The van der Waals surface area contributed by atoms with Crippen molar-refractivity contribution in [1.29, 1.82) is 0 Å². The lowest BCUT2D eigenvalue weighted by atomic mass is 9.96. The highest BCUT2D eigenvalue weighted by molar-refractivity contribution is 9.10. The summed E-state index contributed by atoms with van der Waals surface area (Å²) in [7, 11) is 1.81. The fraction of sp³-hybridized carbons (Fsp3) is 0.333. The van der Waals surface area contributed by atoms with Crippen LogP contribution in [0.3, 0.4) is 0 Å². The topological polar surface area (TPSA) is 65.1 Å². The fourth-order valence-electron chi connectivity index (χ4n) is 3.43. The van der Waals surface area contributed by atoms with Crippen molar-refractivity contribution in [2.24, 2.45) is 4.99 Å². The Hall–Kier alpha value is -2.34. The van der Waals surface area contributed by atoms with Crippen molar-refractivity contribution in [3.63, 3.8) is 0 Å². The lowest BCUT2D eigenvalue weighted by Crippen LogP contribution is -2.42. The standard InChI is InChI=1S/C21H24BrN5/c1-23-20(24-12-9-19-26-17-7-2-3-8-18(17)27-19)25-14-21(10-11-21)15-5-4-6-16(22)13-15/h2-8,13H,9-12,14H2,1H3,(H,26,27)(H2,23,24,25). The summed E-state index contributed by atoms with van der Waals surface area (Å²) in [5, 5.41) is 6.89. The summed E-state index contributed by atoms with van der Waals surface area (Å²) in [5.74, 6) is 1.83. The number of nitrogens with zero attached hydrogens (tertiary/aromatic N) is 2. The van der Waals surface area contributed by atoms with E-state index in [4.69, 9.17) is 0 Å². The second kappa shape index (κ2) is 7.72. The summed E-state index contributed by atoms with van der Waals surface area (Å²) < 4.78 is 1.14. The van der Waals surface area contributed by atoms with Gasteiger partial charge in [-0.05, 0) is 42.7 Å². The molecule has 1 saturated carbocycles. The molecule has 1 fully saturated rings. The van der Waals surface area contributed by atoms with Crippen molar-refractivity contribution >= 4 is 32.9 Å². The Morgan fingerprint density at radius 3 is 2.78 bits per heavy atom. The van der Waals surface area contributed by atoms with Gasteiger partial charge >= 0.3 is 0 Å². The summed E-state index contributed by atoms with van der Waals surface area (Å²) in [4.78, 5) is 12.3. The third-order valence-electron chi connectivity index (χ3n) is 5.20. The van der Waals surface area contributed by atoms with Crippen LogP contribution in [0.15, 0.2) is 58.0 Å². The van der Waals surface area contributed by atoms with Gasteiger partial charge in [-0.1, -0.05) is 40.2 Å². The van der Waals surface area contributed by atoms with Crippen LogP contribution in [0, 0.1) is 0 Å². The maximum Gasteiger partial charge on any atom is 0.191 e. The number of halogens is 1. The van der Waals surface area contributed by atoms with E-state index in [2.05, 4.69) is 71.9 Å². The van der Waals surface area contributed by atoms with E-state index in [0.717, 1.165) is 46.8 Å². The number of imidazole rings is 1. The predicted molar refractivity (Wildman–Crippen MR) is 114 cm³/mol. The predicted octanol–water partition coefficient (Wildman–Crippen LogP) is 3.76. The van der Waals surface area contributed by atoms with Crippen LogP contribution in [-0.2, 0) is 11.8 Å². The Balaban J connectivity index is 1.29. The summed E-state index contributed by atoms with van der Waals surface area (Å²) in [5.41, 5.74) is 3.72. The van der Waals surface area contributed by atoms with Crippen LogP contribution in [-0.4, -0.2) is 36.1 Å². The van der Waals surface area contributed by atoms with Gasteiger partial charge in [0, 0.05) is 36.4 Å². The molecule has 6 heteroatoms. The zero-order chi connectivity index (χ0) is 18.7. The van der Waals surface area contributed by atoms with Gasteiger partial charge in [0.15, 0.2) is 5.96 Å². The van der Waals surface area contributed by atoms with Crippen molar-refractivity contribution in [1.82, 2.24) is 20.6 Å². The monoisotopic (exact) mass is 425 g/mol. The molecule has 0 unspecified atom stereocenters. The van der Waals surface area contributed by atoms with Crippen LogP contribution in [0.2, 0.25) is 0 Å². The molecule has 3 aromatic rings.